The molecule has 2 heterocycles. The second kappa shape index (κ2) is 9.21. The molecule has 0 atom stereocenters. The Morgan fingerprint density at radius 3 is 2.48 bits per heavy atom. The predicted molar refractivity (Wildman–Crippen MR) is 114 cm³/mol. The standard InChI is InChI=1S/C24H20FN3O3/c1-16-2-4-17(5-3-16)21-15-27-24(31-21)13-11-22(29)28-19-8-12-23(26-14-19)30-20-9-6-18(25)7-10-20/h2-10,12,14-15H,11,13H2,1H3,(H,28,29). The quantitative estimate of drug-likeness (QED) is 0.427. The molecular weight excluding hydrogens is 397 g/mol. The van der Waals surface area contributed by atoms with Gasteiger partial charge in [-0.2, -0.15) is 0 Å². The minimum Gasteiger partial charge on any atom is -0.441 e. The maximum Gasteiger partial charge on any atom is 0.224 e. The topological polar surface area (TPSA) is 77.2 Å². The number of oxazole rings is 1. The van der Waals surface area contributed by atoms with Gasteiger partial charge >= 0.3 is 0 Å². The van der Waals surface area contributed by atoms with Crippen molar-refractivity contribution in [3.8, 4) is 23.0 Å². The van der Waals surface area contributed by atoms with Crippen LogP contribution in [0.25, 0.3) is 11.3 Å². The minimum atomic E-state index is -0.338. The summed E-state index contributed by atoms with van der Waals surface area (Å²) in [4.78, 5) is 20.6. The second-order valence-electron chi connectivity index (χ2n) is 6.97. The van der Waals surface area contributed by atoms with Gasteiger partial charge < -0.3 is 14.5 Å². The van der Waals surface area contributed by atoms with E-state index in [0.29, 0.717) is 35.4 Å². The Morgan fingerprint density at radius 1 is 1.00 bits per heavy atom. The fourth-order valence-corrected chi connectivity index (χ4v) is 2.86. The molecule has 0 saturated carbocycles. The van der Waals surface area contributed by atoms with Gasteiger partial charge in [0.2, 0.25) is 11.8 Å². The third-order valence-corrected chi connectivity index (χ3v) is 4.51. The van der Waals surface area contributed by atoms with Crippen molar-refractivity contribution < 1.29 is 18.3 Å². The van der Waals surface area contributed by atoms with Crippen molar-refractivity contribution in [2.45, 2.75) is 19.8 Å². The molecule has 0 aliphatic heterocycles. The number of rotatable bonds is 7. The van der Waals surface area contributed by atoms with Crippen LogP contribution in [-0.4, -0.2) is 15.9 Å². The summed E-state index contributed by atoms with van der Waals surface area (Å²) in [5.74, 6) is 1.48. The monoisotopic (exact) mass is 417 g/mol. The van der Waals surface area contributed by atoms with Gasteiger partial charge in [-0.25, -0.2) is 14.4 Å². The van der Waals surface area contributed by atoms with Crippen molar-refractivity contribution in [3.05, 3.63) is 90.3 Å². The molecule has 4 aromatic rings. The van der Waals surface area contributed by atoms with Crippen LogP contribution in [0.3, 0.4) is 0 Å². The lowest BCUT2D eigenvalue weighted by Crippen LogP contribution is -2.12. The van der Waals surface area contributed by atoms with E-state index in [1.165, 1.54) is 36.0 Å². The SMILES string of the molecule is Cc1ccc(-c2cnc(CCC(=O)Nc3ccc(Oc4ccc(F)cc4)nc3)o2)cc1. The number of amides is 1. The van der Waals surface area contributed by atoms with Crippen molar-refractivity contribution in [2.24, 2.45) is 0 Å². The van der Waals surface area contributed by atoms with E-state index in [1.54, 1.807) is 18.3 Å². The Hall–Kier alpha value is -4.00. The Morgan fingerprint density at radius 2 is 1.77 bits per heavy atom. The number of benzene rings is 2. The van der Waals surface area contributed by atoms with E-state index in [-0.39, 0.29) is 18.1 Å². The average Bonchev–Trinajstić information content (AvgIpc) is 3.25. The van der Waals surface area contributed by atoms with Crippen molar-refractivity contribution >= 4 is 11.6 Å². The number of anilines is 1. The van der Waals surface area contributed by atoms with E-state index >= 15 is 0 Å². The third kappa shape index (κ3) is 5.54. The zero-order valence-corrected chi connectivity index (χ0v) is 16.8. The first-order valence-electron chi connectivity index (χ1n) is 9.76. The zero-order chi connectivity index (χ0) is 21.6. The van der Waals surface area contributed by atoms with Crippen molar-refractivity contribution in [2.75, 3.05) is 5.32 Å². The number of aryl methyl sites for hydroxylation is 2. The highest BCUT2D eigenvalue weighted by Gasteiger charge is 2.10. The lowest BCUT2D eigenvalue weighted by atomic mass is 10.1. The summed E-state index contributed by atoms with van der Waals surface area (Å²) in [6.07, 6.45) is 3.78. The number of hydrogen-bond acceptors (Lipinski definition) is 5. The lowest BCUT2D eigenvalue weighted by molar-refractivity contribution is -0.116. The van der Waals surface area contributed by atoms with Crippen LogP contribution in [0.1, 0.15) is 17.9 Å². The molecule has 1 amide bonds. The van der Waals surface area contributed by atoms with Gasteiger partial charge in [-0.15, -0.1) is 0 Å². The summed E-state index contributed by atoms with van der Waals surface area (Å²) in [6.45, 7) is 2.02. The van der Waals surface area contributed by atoms with Gasteiger partial charge in [-0.3, -0.25) is 4.79 Å². The Bertz CT molecular complexity index is 1150. The lowest BCUT2D eigenvalue weighted by Gasteiger charge is -2.07. The fourth-order valence-electron chi connectivity index (χ4n) is 2.86. The van der Waals surface area contributed by atoms with E-state index in [2.05, 4.69) is 15.3 Å². The van der Waals surface area contributed by atoms with Crippen molar-refractivity contribution in [1.29, 1.82) is 0 Å². The number of hydrogen-bond donors (Lipinski definition) is 1. The normalized spacial score (nSPS) is 10.6. The molecule has 2 aromatic heterocycles. The van der Waals surface area contributed by atoms with Crippen LogP contribution < -0.4 is 10.1 Å². The number of nitrogens with zero attached hydrogens (tertiary/aromatic N) is 2. The van der Waals surface area contributed by atoms with E-state index in [0.717, 1.165) is 5.56 Å². The Kier molecular flexibility index (Phi) is 6.03. The summed E-state index contributed by atoms with van der Waals surface area (Å²) in [6, 6.07) is 16.9. The highest BCUT2D eigenvalue weighted by atomic mass is 19.1. The van der Waals surface area contributed by atoms with Crippen molar-refractivity contribution in [1.82, 2.24) is 9.97 Å². The summed E-state index contributed by atoms with van der Waals surface area (Å²) >= 11 is 0. The molecule has 2 aromatic carbocycles. The van der Waals surface area contributed by atoms with Gasteiger partial charge in [0.15, 0.2) is 11.7 Å². The average molecular weight is 417 g/mol. The van der Waals surface area contributed by atoms with E-state index in [9.17, 15) is 9.18 Å². The van der Waals surface area contributed by atoms with Gasteiger partial charge in [0.1, 0.15) is 11.6 Å². The molecule has 0 fully saturated rings. The van der Waals surface area contributed by atoms with Crippen LogP contribution in [0.2, 0.25) is 0 Å². The van der Waals surface area contributed by atoms with Gasteiger partial charge in [0.25, 0.3) is 0 Å². The molecule has 31 heavy (non-hydrogen) atoms. The van der Waals surface area contributed by atoms with Crippen LogP contribution >= 0.6 is 0 Å². The fraction of sp³-hybridized carbons (Fsp3) is 0.125. The molecular formula is C24H20FN3O3. The number of carbonyl (C=O) groups is 1. The zero-order valence-electron chi connectivity index (χ0n) is 16.8. The molecule has 6 nitrogen and oxygen atoms in total. The summed E-state index contributed by atoms with van der Waals surface area (Å²) in [5, 5.41) is 2.78. The smallest absolute Gasteiger partial charge is 0.224 e. The number of carbonyl (C=O) groups excluding carboxylic acids is 1. The molecule has 0 aliphatic carbocycles. The highest BCUT2D eigenvalue weighted by molar-refractivity contribution is 5.90. The Labute approximate surface area is 178 Å². The maximum absolute atomic E-state index is 12.9. The summed E-state index contributed by atoms with van der Waals surface area (Å²) in [5.41, 5.74) is 2.66. The van der Waals surface area contributed by atoms with Gasteiger partial charge in [0.05, 0.1) is 18.1 Å². The number of pyridine rings is 1. The number of nitrogens with one attached hydrogen (secondary N) is 1. The number of aromatic nitrogens is 2. The molecule has 0 unspecified atom stereocenters. The van der Waals surface area contributed by atoms with E-state index in [1.807, 2.05) is 31.2 Å². The van der Waals surface area contributed by atoms with Crippen LogP contribution in [0.4, 0.5) is 10.1 Å². The van der Waals surface area contributed by atoms with Gasteiger partial charge in [-0.1, -0.05) is 29.8 Å². The molecule has 0 bridgehead atoms. The Balaban J connectivity index is 1.28. The van der Waals surface area contributed by atoms with Crippen LogP contribution in [-0.2, 0) is 11.2 Å². The molecule has 156 valence electrons. The number of halogens is 1. The van der Waals surface area contributed by atoms with Crippen LogP contribution in [0, 0.1) is 12.7 Å². The molecule has 0 saturated heterocycles. The largest absolute Gasteiger partial charge is 0.441 e. The first-order chi connectivity index (χ1) is 15.0. The first-order valence-corrected chi connectivity index (χ1v) is 9.76. The van der Waals surface area contributed by atoms with E-state index < -0.39 is 0 Å². The van der Waals surface area contributed by atoms with Gasteiger partial charge in [0, 0.05) is 24.5 Å². The third-order valence-electron chi connectivity index (χ3n) is 4.51. The minimum absolute atomic E-state index is 0.177. The second-order valence-corrected chi connectivity index (χ2v) is 6.97. The predicted octanol–water partition coefficient (Wildman–Crippen LogP) is 5.55. The van der Waals surface area contributed by atoms with E-state index in [4.69, 9.17) is 9.15 Å². The van der Waals surface area contributed by atoms with Gasteiger partial charge in [-0.05, 0) is 37.3 Å². The molecule has 0 aliphatic rings. The number of ether oxygens (including phenoxy) is 1. The van der Waals surface area contributed by atoms with Crippen LogP contribution in [0.5, 0.6) is 11.6 Å². The highest BCUT2D eigenvalue weighted by Crippen LogP contribution is 2.22. The van der Waals surface area contributed by atoms with Crippen LogP contribution in [0.15, 0.2) is 77.5 Å². The maximum atomic E-state index is 12.9. The molecule has 1 N–H and O–H groups in total. The summed E-state index contributed by atoms with van der Waals surface area (Å²) in [7, 11) is 0. The first kappa shape index (κ1) is 20.3. The molecule has 7 heteroatoms. The summed E-state index contributed by atoms with van der Waals surface area (Å²) < 4.78 is 24.2. The molecule has 0 radical (unpaired) electrons. The van der Waals surface area contributed by atoms with Crippen molar-refractivity contribution in [3.63, 3.8) is 0 Å². The molecule has 0 spiro atoms. The molecule has 4 rings (SSSR count).